The van der Waals surface area contributed by atoms with Crippen molar-refractivity contribution in [2.75, 3.05) is 32.1 Å². The summed E-state index contributed by atoms with van der Waals surface area (Å²) in [6.45, 7) is 10.0. The first-order valence-electron chi connectivity index (χ1n) is 6.19. The number of alkyl halides is 1. The van der Waals surface area contributed by atoms with Crippen molar-refractivity contribution >= 4 is 17.5 Å². The second-order valence-corrected chi connectivity index (χ2v) is 4.98. The van der Waals surface area contributed by atoms with Crippen LogP contribution in [0, 0.1) is 5.92 Å². The minimum absolute atomic E-state index is 0.0446. The van der Waals surface area contributed by atoms with Gasteiger partial charge in [0.05, 0.1) is 0 Å². The number of amides is 1. The van der Waals surface area contributed by atoms with Gasteiger partial charge in [-0.2, -0.15) is 0 Å². The number of hydrogen-bond donors (Lipinski definition) is 0. The smallest absolute Gasteiger partial charge is 0.226 e. The Hall–Kier alpha value is -0.280. The van der Waals surface area contributed by atoms with Crippen molar-refractivity contribution in [2.45, 2.75) is 33.2 Å². The number of hydrogen-bond acceptors (Lipinski definition) is 2. The number of carbonyl (C=O) groups excluding carboxylic acids is 1. The molecule has 0 bridgehead atoms. The Morgan fingerprint density at radius 1 is 1.25 bits per heavy atom. The largest absolute Gasteiger partial charge is 0.340 e. The summed E-state index contributed by atoms with van der Waals surface area (Å²) in [5, 5.41) is 0. The van der Waals surface area contributed by atoms with Crippen LogP contribution in [0.15, 0.2) is 0 Å². The molecule has 1 rings (SSSR count). The highest BCUT2D eigenvalue weighted by atomic mass is 35.5. The van der Waals surface area contributed by atoms with Gasteiger partial charge in [-0.05, 0) is 13.3 Å². The average Bonchev–Trinajstić information content (AvgIpc) is 2.36. The van der Waals surface area contributed by atoms with Crippen LogP contribution in [0.4, 0.5) is 0 Å². The highest BCUT2D eigenvalue weighted by Crippen LogP contribution is 2.12. The van der Waals surface area contributed by atoms with Crippen LogP contribution in [0.2, 0.25) is 0 Å². The molecule has 0 radical (unpaired) electrons. The topological polar surface area (TPSA) is 23.6 Å². The van der Waals surface area contributed by atoms with Crippen molar-refractivity contribution in [3.05, 3.63) is 0 Å². The number of carbonyl (C=O) groups is 1. The molecule has 0 N–H and O–H groups in total. The van der Waals surface area contributed by atoms with Gasteiger partial charge in [0.1, 0.15) is 0 Å². The highest BCUT2D eigenvalue weighted by Gasteiger charge is 2.25. The van der Waals surface area contributed by atoms with Gasteiger partial charge in [-0.3, -0.25) is 9.69 Å². The van der Waals surface area contributed by atoms with Crippen molar-refractivity contribution in [1.29, 1.82) is 0 Å². The van der Waals surface area contributed by atoms with Crippen LogP contribution in [0.1, 0.15) is 27.2 Å². The molecule has 1 aliphatic heterocycles. The van der Waals surface area contributed by atoms with Crippen molar-refractivity contribution in [3.63, 3.8) is 0 Å². The summed E-state index contributed by atoms with van der Waals surface area (Å²) in [6.07, 6.45) is 1.17. The van der Waals surface area contributed by atoms with E-state index in [9.17, 15) is 4.79 Å². The van der Waals surface area contributed by atoms with E-state index >= 15 is 0 Å². The lowest BCUT2D eigenvalue weighted by atomic mass is 10.1. The zero-order valence-corrected chi connectivity index (χ0v) is 11.3. The highest BCUT2D eigenvalue weighted by molar-refractivity contribution is 6.19. The Labute approximate surface area is 104 Å². The standard InChI is InChI=1S/C12H23ClN2O/c1-4-11(3)14-5-7-15(8-6-14)12(16)10(2)9-13/h10-11H,4-9H2,1-3H3. The molecule has 0 aromatic carbocycles. The Morgan fingerprint density at radius 3 is 2.25 bits per heavy atom. The van der Waals surface area contributed by atoms with Crippen LogP contribution < -0.4 is 0 Å². The molecule has 0 aromatic rings. The third kappa shape index (κ3) is 3.36. The fourth-order valence-electron chi connectivity index (χ4n) is 2.02. The summed E-state index contributed by atoms with van der Waals surface area (Å²) < 4.78 is 0. The second kappa shape index (κ2) is 6.45. The quantitative estimate of drug-likeness (QED) is 0.707. The molecule has 1 saturated heterocycles. The van der Waals surface area contributed by atoms with Crippen LogP contribution in [0.3, 0.4) is 0 Å². The Balaban J connectivity index is 2.40. The predicted octanol–water partition coefficient (Wildman–Crippen LogP) is 1.80. The first kappa shape index (κ1) is 13.8. The van der Waals surface area contributed by atoms with Gasteiger partial charge >= 0.3 is 0 Å². The maximum absolute atomic E-state index is 11.9. The Bertz CT molecular complexity index is 227. The van der Waals surface area contributed by atoms with Crippen LogP contribution in [-0.4, -0.2) is 53.8 Å². The van der Waals surface area contributed by atoms with Gasteiger partial charge in [0.15, 0.2) is 0 Å². The van der Waals surface area contributed by atoms with E-state index in [1.165, 1.54) is 6.42 Å². The summed E-state index contributed by atoms with van der Waals surface area (Å²) in [5.74, 6) is 0.584. The van der Waals surface area contributed by atoms with Gasteiger partial charge in [0.2, 0.25) is 5.91 Å². The molecule has 94 valence electrons. The summed E-state index contributed by atoms with van der Waals surface area (Å²) in [6, 6.07) is 0.628. The predicted molar refractivity (Wildman–Crippen MR) is 67.8 cm³/mol. The molecular weight excluding hydrogens is 224 g/mol. The normalized spacial score (nSPS) is 21.9. The molecule has 1 fully saturated rings. The van der Waals surface area contributed by atoms with E-state index in [4.69, 9.17) is 11.6 Å². The van der Waals surface area contributed by atoms with Gasteiger partial charge in [-0.1, -0.05) is 13.8 Å². The molecule has 16 heavy (non-hydrogen) atoms. The zero-order valence-electron chi connectivity index (χ0n) is 10.6. The summed E-state index contributed by atoms with van der Waals surface area (Å²) in [7, 11) is 0. The number of halogens is 1. The maximum Gasteiger partial charge on any atom is 0.226 e. The lowest BCUT2D eigenvalue weighted by Gasteiger charge is -2.38. The van der Waals surface area contributed by atoms with E-state index in [1.54, 1.807) is 0 Å². The van der Waals surface area contributed by atoms with Gasteiger partial charge in [-0.25, -0.2) is 0 Å². The first-order chi connectivity index (χ1) is 7.60. The van der Waals surface area contributed by atoms with Crippen LogP contribution >= 0.6 is 11.6 Å². The molecule has 4 heteroatoms. The van der Waals surface area contributed by atoms with E-state index in [2.05, 4.69) is 18.7 Å². The minimum Gasteiger partial charge on any atom is -0.340 e. The number of rotatable bonds is 4. The summed E-state index contributed by atoms with van der Waals surface area (Å²) in [5.41, 5.74) is 0. The monoisotopic (exact) mass is 246 g/mol. The summed E-state index contributed by atoms with van der Waals surface area (Å²) >= 11 is 5.71. The fourth-order valence-corrected chi connectivity index (χ4v) is 2.15. The van der Waals surface area contributed by atoms with Crippen molar-refractivity contribution in [2.24, 2.45) is 5.92 Å². The second-order valence-electron chi connectivity index (χ2n) is 4.67. The Kier molecular flexibility index (Phi) is 5.56. The molecule has 0 aromatic heterocycles. The van der Waals surface area contributed by atoms with Crippen LogP contribution in [0.25, 0.3) is 0 Å². The van der Waals surface area contributed by atoms with E-state index in [0.29, 0.717) is 11.9 Å². The van der Waals surface area contributed by atoms with E-state index in [1.807, 2.05) is 11.8 Å². The van der Waals surface area contributed by atoms with E-state index in [-0.39, 0.29) is 11.8 Å². The Morgan fingerprint density at radius 2 is 1.81 bits per heavy atom. The molecule has 0 aliphatic carbocycles. The molecule has 0 saturated carbocycles. The van der Waals surface area contributed by atoms with Gasteiger partial charge in [0, 0.05) is 44.0 Å². The molecule has 1 heterocycles. The molecule has 1 amide bonds. The fraction of sp³-hybridized carbons (Fsp3) is 0.917. The molecule has 3 nitrogen and oxygen atoms in total. The zero-order chi connectivity index (χ0) is 12.1. The SMILES string of the molecule is CCC(C)N1CCN(C(=O)C(C)CCl)CC1. The lowest BCUT2D eigenvalue weighted by Crippen LogP contribution is -2.52. The van der Waals surface area contributed by atoms with E-state index in [0.717, 1.165) is 26.2 Å². The third-order valence-corrected chi connectivity index (χ3v) is 3.96. The maximum atomic E-state index is 11.9. The molecule has 2 unspecified atom stereocenters. The third-order valence-electron chi connectivity index (χ3n) is 3.49. The van der Waals surface area contributed by atoms with Crippen molar-refractivity contribution < 1.29 is 4.79 Å². The van der Waals surface area contributed by atoms with Gasteiger partial charge < -0.3 is 4.90 Å². The molecule has 2 atom stereocenters. The van der Waals surface area contributed by atoms with Crippen molar-refractivity contribution in [3.8, 4) is 0 Å². The van der Waals surface area contributed by atoms with Gasteiger partial charge in [-0.15, -0.1) is 11.6 Å². The summed E-state index contributed by atoms with van der Waals surface area (Å²) in [4.78, 5) is 16.3. The average molecular weight is 247 g/mol. The molecule has 0 spiro atoms. The van der Waals surface area contributed by atoms with Gasteiger partial charge in [0.25, 0.3) is 0 Å². The minimum atomic E-state index is -0.0446. The number of piperazine rings is 1. The lowest BCUT2D eigenvalue weighted by molar-refractivity contribution is -0.136. The van der Waals surface area contributed by atoms with E-state index < -0.39 is 0 Å². The van der Waals surface area contributed by atoms with Crippen LogP contribution in [-0.2, 0) is 4.79 Å². The molecule has 1 aliphatic rings. The van der Waals surface area contributed by atoms with Crippen molar-refractivity contribution in [1.82, 2.24) is 9.80 Å². The molecular formula is C12H23ClN2O. The number of nitrogens with zero attached hydrogens (tertiary/aromatic N) is 2. The first-order valence-corrected chi connectivity index (χ1v) is 6.72. The van der Waals surface area contributed by atoms with Crippen LogP contribution in [0.5, 0.6) is 0 Å².